The van der Waals surface area contributed by atoms with E-state index in [-0.39, 0.29) is 23.7 Å². The number of unbranched alkanes of at least 4 members (excludes halogenated alkanes) is 1. The molecule has 152 valence electrons. The van der Waals surface area contributed by atoms with Gasteiger partial charge in [0.1, 0.15) is 5.75 Å². The molecule has 0 N–H and O–H groups in total. The number of ether oxygens (including phenoxy) is 2. The molecule has 1 aromatic heterocycles. The molecule has 0 saturated carbocycles. The maximum absolute atomic E-state index is 12.4. The Morgan fingerprint density at radius 1 is 1.14 bits per heavy atom. The molecule has 0 atom stereocenters. The van der Waals surface area contributed by atoms with E-state index in [1.165, 1.54) is 7.11 Å². The van der Waals surface area contributed by atoms with Crippen LogP contribution in [0.1, 0.15) is 44.6 Å². The minimum absolute atomic E-state index is 0.00997. The number of aromatic nitrogens is 1. The highest BCUT2D eigenvalue weighted by Crippen LogP contribution is 2.28. The van der Waals surface area contributed by atoms with Crippen molar-refractivity contribution in [2.45, 2.75) is 44.6 Å². The third-order valence-corrected chi connectivity index (χ3v) is 5.25. The normalized spacial score (nSPS) is 15.0. The van der Waals surface area contributed by atoms with Crippen LogP contribution in [0.25, 0.3) is 11.1 Å². The van der Waals surface area contributed by atoms with Gasteiger partial charge in [0.2, 0.25) is 5.91 Å². The third kappa shape index (κ3) is 4.37. The molecule has 0 bridgehead atoms. The summed E-state index contributed by atoms with van der Waals surface area (Å²) >= 11 is 0. The fourth-order valence-electron chi connectivity index (χ4n) is 3.67. The van der Waals surface area contributed by atoms with E-state index in [0.29, 0.717) is 62.9 Å². The maximum Gasteiger partial charge on any atom is 0.420 e. The van der Waals surface area contributed by atoms with E-state index >= 15 is 0 Å². The topological polar surface area (TPSA) is 91.0 Å². The number of nitrogens with zero attached hydrogens (tertiary/aromatic N) is 2. The molecule has 1 fully saturated rings. The maximum atomic E-state index is 12.4. The van der Waals surface area contributed by atoms with Gasteiger partial charge in [0.25, 0.3) is 0 Å². The second-order valence-corrected chi connectivity index (χ2v) is 6.97. The number of hydrogen-bond donors (Lipinski definition) is 0. The van der Waals surface area contributed by atoms with Crippen LogP contribution in [-0.4, -0.2) is 48.7 Å². The van der Waals surface area contributed by atoms with E-state index < -0.39 is 0 Å². The van der Waals surface area contributed by atoms with Gasteiger partial charge < -0.3 is 18.8 Å². The molecule has 0 spiro atoms. The average Bonchev–Trinajstić information content (AvgIpc) is 3.05. The predicted molar refractivity (Wildman–Crippen MR) is 102 cm³/mol. The Labute approximate surface area is 163 Å². The van der Waals surface area contributed by atoms with Crippen LogP contribution in [0, 0.1) is 0 Å². The fraction of sp³-hybridized carbons (Fsp3) is 0.550. The monoisotopic (exact) mass is 390 g/mol. The van der Waals surface area contributed by atoms with E-state index in [2.05, 4.69) is 4.74 Å². The van der Waals surface area contributed by atoms with Crippen molar-refractivity contribution in [3.8, 4) is 5.75 Å². The number of fused-ring (bicyclic) bond motifs is 1. The highest BCUT2D eigenvalue weighted by Gasteiger charge is 2.26. The number of carbonyl (C=O) groups excluding carboxylic acids is 2. The number of likely N-dealkylation sites (tertiary alicyclic amines) is 1. The van der Waals surface area contributed by atoms with Gasteiger partial charge in [0, 0.05) is 38.0 Å². The van der Waals surface area contributed by atoms with E-state index in [9.17, 15) is 14.4 Å². The quantitative estimate of drug-likeness (QED) is 0.533. The van der Waals surface area contributed by atoms with Crippen LogP contribution in [0.4, 0.5) is 0 Å². The summed E-state index contributed by atoms with van der Waals surface area (Å²) in [5, 5.41) is 0. The lowest BCUT2D eigenvalue weighted by atomic mass is 10.0. The summed E-state index contributed by atoms with van der Waals surface area (Å²) in [7, 11) is 2.95. The first-order valence-corrected chi connectivity index (χ1v) is 9.57. The molecule has 3 rings (SSSR count). The van der Waals surface area contributed by atoms with Crippen LogP contribution >= 0.6 is 0 Å². The van der Waals surface area contributed by atoms with Crippen molar-refractivity contribution in [2.75, 3.05) is 27.3 Å². The van der Waals surface area contributed by atoms with Gasteiger partial charge in [-0.25, -0.2) is 4.79 Å². The van der Waals surface area contributed by atoms with Crippen LogP contribution in [0.3, 0.4) is 0 Å². The first-order valence-electron chi connectivity index (χ1n) is 9.57. The van der Waals surface area contributed by atoms with Crippen molar-refractivity contribution in [1.82, 2.24) is 9.47 Å². The van der Waals surface area contributed by atoms with E-state index in [1.807, 2.05) is 4.90 Å². The molecule has 0 radical (unpaired) electrons. The van der Waals surface area contributed by atoms with Gasteiger partial charge in [-0.05, 0) is 37.8 Å². The predicted octanol–water partition coefficient (Wildman–Crippen LogP) is 2.50. The molecular formula is C20H26N2O6. The van der Waals surface area contributed by atoms with E-state index in [1.54, 1.807) is 29.9 Å². The highest BCUT2D eigenvalue weighted by molar-refractivity contribution is 5.77. The molecule has 2 heterocycles. The van der Waals surface area contributed by atoms with Gasteiger partial charge in [-0.1, -0.05) is 0 Å². The summed E-state index contributed by atoms with van der Waals surface area (Å²) in [6.07, 6.45) is 3.46. The Bertz CT molecular complexity index is 892. The largest absolute Gasteiger partial charge is 0.497 e. The fourth-order valence-corrected chi connectivity index (χ4v) is 3.67. The standard InChI is InChI=1S/C20H26N2O6/c1-26-15-7-8-17-16(13-15)22(20(25)28-17)14-9-11-21(12-10-14)18(23)5-3-4-6-19(24)27-2/h7-8,13-14H,3-6,9-12H2,1-2H3. The number of piperidine rings is 1. The number of carbonyl (C=O) groups is 2. The lowest BCUT2D eigenvalue weighted by Crippen LogP contribution is -2.40. The summed E-state index contributed by atoms with van der Waals surface area (Å²) in [6.45, 7) is 1.20. The average molecular weight is 390 g/mol. The Hall–Kier alpha value is -2.77. The van der Waals surface area contributed by atoms with Crippen molar-refractivity contribution in [1.29, 1.82) is 0 Å². The van der Waals surface area contributed by atoms with Crippen LogP contribution in [0.15, 0.2) is 27.4 Å². The minimum Gasteiger partial charge on any atom is -0.497 e. The third-order valence-electron chi connectivity index (χ3n) is 5.25. The molecule has 2 aromatic rings. The number of methoxy groups -OCH3 is 2. The molecule has 1 aliphatic heterocycles. The van der Waals surface area contributed by atoms with Gasteiger partial charge in [-0.15, -0.1) is 0 Å². The Kier molecular flexibility index (Phi) is 6.38. The van der Waals surface area contributed by atoms with Gasteiger partial charge in [-0.2, -0.15) is 0 Å². The van der Waals surface area contributed by atoms with Crippen LogP contribution in [-0.2, 0) is 14.3 Å². The zero-order valence-electron chi connectivity index (χ0n) is 16.3. The molecule has 0 unspecified atom stereocenters. The second-order valence-electron chi connectivity index (χ2n) is 6.97. The summed E-state index contributed by atoms with van der Waals surface area (Å²) < 4.78 is 16.9. The van der Waals surface area contributed by atoms with Gasteiger partial charge >= 0.3 is 11.7 Å². The molecule has 1 saturated heterocycles. The molecule has 1 amide bonds. The Morgan fingerprint density at radius 2 is 1.86 bits per heavy atom. The zero-order chi connectivity index (χ0) is 20.1. The molecule has 8 nitrogen and oxygen atoms in total. The number of esters is 1. The number of amides is 1. The van der Waals surface area contributed by atoms with Crippen molar-refractivity contribution < 1.29 is 23.5 Å². The van der Waals surface area contributed by atoms with E-state index in [4.69, 9.17) is 9.15 Å². The van der Waals surface area contributed by atoms with Crippen molar-refractivity contribution in [3.05, 3.63) is 28.7 Å². The lowest BCUT2D eigenvalue weighted by Gasteiger charge is -2.32. The second kappa shape index (κ2) is 8.95. The summed E-state index contributed by atoms with van der Waals surface area (Å²) in [6, 6.07) is 5.29. The summed E-state index contributed by atoms with van der Waals surface area (Å²) in [4.78, 5) is 37.7. The number of hydrogen-bond acceptors (Lipinski definition) is 6. The van der Waals surface area contributed by atoms with E-state index in [0.717, 1.165) is 5.52 Å². The van der Waals surface area contributed by atoms with Crippen LogP contribution < -0.4 is 10.5 Å². The first-order chi connectivity index (χ1) is 13.5. The molecule has 8 heteroatoms. The highest BCUT2D eigenvalue weighted by atomic mass is 16.5. The molecular weight excluding hydrogens is 364 g/mol. The van der Waals surface area contributed by atoms with Crippen LogP contribution in [0.5, 0.6) is 5.75 Å². The molecule has 0 aliphatic carbocycles. The number of benzene rings is 1. The first kappa shape index (κ1) is 20.0. The van der Waals surface area contributed by atoms with Crippen molar-refractivity contribution in [2.24, 2.45) is 0 Å². The zero-order valence-corrected chi connectivity index (χ0v) is 16.3. The number of oxazole rings is 1. The smallest absolute Gasteiger partial charge is 0.420 e. The molecule has 1 aliphatic rings. The Morgan fingerprint density at radius 3 is 2.54 bits per heavy atom. The van der Waals surface area contributed by atoms with Gasteiger partial charge in [-0.3, -0.25) is 14.2 Å². The Balaban J connectivity index is 1.57. The van der Waals surface area contributed by atoms with Crippen molar-refractivity contribution in [3.63, 3.8) is 0 Å². The SMILES string of the molecule is COC(=O)CCCCC(=O)N1CCC(n2c(=O)oc3ccc(OC)cc32)CC1. The molecule has 1 aromatic carbocycles. The minimum atomic E-state index is -0.379. The molecule has 28 heavy (non-hydrogen) atoms. The summed E-state index contributed by atoms with van der Waals surface area (Å²) in [5.41, 5.74) is 1.26. The van der Waals surface area contributed by atoms with Gasteiger partial charge in [0.05, 0.1) is 19.7 Å². The van der Waals surface area contributed by atoms with Crippen molar-refractivity contribution >= 4 is 23.0 Å². The number of rotatable bonds is 7. The van der Waals surface area contributed by atoms with Crippen LogP contribution in [0.2, 0.25) is 0 Å². The van der Waals surface area contributed by atoms with Gasteiger partial charge in [0.15, 0.2) is 5.58 Å². The summed E-state index contributed by atoms with van der Waals surface area (Å²) in [5.74, 6) is 0.134. The lowest BCUT2D eigenvalue weighted by molar-refractivity contribution is -0.141.